The summed E-state index contributed by atoms with van der Waals surface area (Å²) in [6.45, 7) is 0. The Balaban J connectivity index is 2.15. The Labute approximate surface area is 128 Å². The van der Waals surface area contributed by atoms with Crippen LogP contribution < -0.4 is 10.1 Å². The van der Waals surface area contributed by atoms with Gasteiger partial charge in [0.2, 0.25) is 0 Å². The van der Waals surface area contributed by atoms with Gasteiger partial charge >= 0.3 is 5.97 Å². The molecule has 0 aromatic heterocycles. The van der Waals surface area contributed by atoms with Gasteiger partial charge in [0.15, 0.2) is 0 Å². The van der Waals surface area contributed by atoms with Crippen LogP contribution in [0.3, 0.4) is 0 Å². The Bertz CT molecular complexity index is 637. The van der Waals surface area contributed by atoms with Gasteiger partial charge < -0.3 is 15.2 Å². The van der Waals surface area contributed by atoms with Crippen LogP contribution in [0.15, 0.2) is 54.6 Å². The second kappa shape index (κ2) is 7.26. The molecule has 0 unspecified atom stereocenters. The fourth-order valence-electron chi connectivity index (χ4n) is 2.10. The molecule has 5 nitrogen and oxygen atoms in total. The van der Waals surface area contributed by atoms with Crippen molar-refractivity contribution in [3.05, 3.63) is 65.7 Å². The molecular formula is C17H17NO4. The molecule has 0 heterocycles. The molecule has 2 rings (SSSR count). The monoisotopic (exact) mass is 299 g/mol. The number of carboxylic acid groups (broad SMARTS) is 1. The van der Waals surface area contributed by atoms with E-state index in [0.29, 0.717) is 11.3 Å². The van der Waals surface area contributed by atoms with Gasteiger partial charge in [0.05, 0.1) is 19.6 Å². The predicted octanol–water partition coefficient (Wildman–Crippen LogP) is 2.64. The maximum Gasteiger partial charge on any atom is 0.305 e. The van der Waals surface area contributed by atoms with Crippen LogP contribution in [0.1, 0.15) is 28.4 Å². The molecule has 0 aliphatic carbocycles. The first-order chi connectivity index (χ1) is 10.6. The number of nitrogens with one attached hydrogen (secondary N) is 1. The number of hydrogen-bond donors (Lipinski definition) is 2. The van der Waals surface area contributed by atoms with E-state index in [4.69, 9.17) is 9.84 Å². The quantitative estimate of drug-likeness (QED) is 0.859. The van der Waals surface area contributed by atoms with Crippen LogP contribution in [0.5, 0.6) is 5.75 Å². The first-order valence-corrected chi connectivity index (χ1v) is 6.82. The lowest BCUT2D eigenvalue weighted by atomic mass is 10.0. The highest BCUT2D eigenvalue weighted by molar-refractivity contribution is 5.94. The zero-order valence-corrected chi connectivity index (χ0v) is 12.2. The van der Waals surface area contributed by atoms with Crippen molar-refractivity contribution in [3.63, 3.8) is 0 Å². The summed E-state index contributed by atoms with van der Waals surface area (Å²) in [5.74, 6) is -0.636. The average Bonchev–Trinajstić information content (AvgIpc) is 2.54. The number of amides is 1. The molecule has 1 amide bonds. The summed E-state index contributed by atoms with van der Waals surface area (Å²) in [6.07, 6.45) is -0.175. The molecule has 0 aliphatic rings. The summed E-state index contributed by atoms with van der Waals surface area (Å²) >= 11 is 0. The Kier molecular flexibility index (Phi) is 5.14. The summed E-state index contributed by atoms with van der Waals surface area (Å²) in [7, 11) is 1.55. The smallest absolute Gasteiger partial charge is 0.305 e. The Morgan fingerprint density at radius 2 is 1.73 bits per heavy atom. The zero-order valence-electron chi connectivity index (χ0n) is 12.2. The molecule has 0 bridgehead atoms. The maximum atomic E-state index is 12.3. The first-order valence-electron chi connectivity index (χ1n) is 6.82. The van der Waals surface area contributed by atoms with E-state index >= 15 is 0 Å². The van der Waals surface area contributed by atoms with Crippen molar-refractivity contribution in [2.45, 2.75) is 12.5 Å². The number of ether oxygens (including phenoxy) is 1. The molecule has 0 saturated carbocycles. The topological polar surface area (TPSA) is 75.6 Å². The van der Waals surface area contributed by atoms with Gasteiger partial charge in [0.1, 0.15) is 5.75 Å². The third-order valence-corrected chi connectivity index (χ3v) is 3.24. The number of carboxylic acids is 1. The van der Waals surface area contributed by atoms with E-state index in [2.05, 4.69) is 5.32 Å². The highest BCUT2D eigenvalue weighted by atomic mass is 16.5. The lowest BCUT2D eigenvalue weighted by molar-refractivity contribution is -0.137. The van der Waals surface area contributed by atoms with E-state index < -0.39 is 12.0 Å². The zero-order chi connectivity index (χ0) is 15.9. The second-order valence-corrected chi connectivity index (χ2v) is 4.76. The van der Waals surface area contributed by atoms with E-state index in [9.17, 15) is 9.59 Å². The number of carbonyl (C=O) groups excluding carboxylic acids is 1. The van der Waals surface area contributed by atoms with Gasteiger partial charge in [-0.3, -0.25) is 9.59 Å². The molecule has 0 radical (unpaired) electrons. The normalized spacial score (nSPS) is 11.5. The van der Waals surface area contributed by atoms with Crippen molar-refractivity contribution in [3.8, 4) is 5.75 Å². The van der Waals surface area contributed by atoms with E-state index in [0.717, 1.165) is 5.56 Å². The number of rotatable bonds is 6. The van der Waals surface area contributed by atoms with Crippen molar-refractivity contribution >= 4 is 11.9 Å². The van der Waals surface area contributed by atoms with Crippen LogP contribution in [-0.2, 0) is 4.79 Å². The molecule has 2 aromatic carbocycles. The maximum absolute atomic E-state index is 12.3. The van der Waals surface area contributed by atoms with Gasteiger partial charge in [-0.25, -0.2) is 0 Å². The molecule has 2 N–H and O–H groups in total. The van der Waals surface area contributed by atoms with Crippen LogP contribution in [-0.4, -0.2) is 24.1 Å². The largest absolute Gasteiger partial charge is 0.497 e. The molecule has 0 spiro atoms. The van der Waals surface area contributed by atoms with E-state index in [1.54, 1.807) is 43.5 Å². The van der Waals surface area contributed by atoms with Gasteiger partial charge in [-0.15, -0.1) is 0 Å². The SMILES string of the molecule is COc1ccc(C(=O)N[C@H](CC(=O)O)c2ccccc2)cc1. The minimum atomic E-state index is -0.969. The standard InChI is InChI=1S/C17H17NO4/c1-22-14-9-7-13(8-10-14)17(21)18-15(11-16(19)20)12-5-3-2-4-6-12/h2-10,15H,11H2,1H3,(H,18,21)(H,19,20)/t15-/m1/s1. The molecule has 0 fully saturated rings. The molecule has 22 heavy (non-hydrogen) atoms. The predicted molar refractivity (Wildman–Crippen MR) is 81.9 cm³/mol. The van der Waals surface area contributed by atoms with Crippen LogP contribution in [0.25, 0.3) is 0 Å². The lowest BCUT2D eigenvalue weighted by Crippen LogP contribution is -2.30. The highest BCUT2D eigenvalue weighted by Gasteiger charge is 2.18. The van der Waals surface area contributed by atoms with Crippen LogP contribution in [0.4, 0.5) is 0 Å². The van der Waals surface area contributed by atoms with Crippen molar-refractivity contribution in [1.82, 2.24) is 5.32 Å². The van der Waals surface area contributed by atoms with E-state index in [1.165, 1.54) is 0 Å². The molecule has 5 heteroatoms. The number of aliphatic carboxylic acids is 1. The molecule has 0 aliphatic heterocycles. The Hall–Kier alpha value is -2.82. The van der Waals surface area contributed by atoms with Gasteiger partial charge in [-0.05, 0) is 29.8 Å². The van der Waals surface area contributed by atoms with Crippen LogP contribution in [0, 0.1) is 0 Å². The van der Waals surface area contributed by atoms with Crippen LogP contribution >= 0.6 is 0 Å². The Morgan fingerprint density at radius 1 is 1.09 bits per heavy atom. The van der Waals surface area contributed by atoms with Crippen molar-refractivity contribution in [2.75, 3.05) is 7.11 Å². The van der Waals surface area contributed by atoms with E-state index in [-0.39, 0.29) is 12.3 Å². The first kappa shape index (κ1) is 15.6. The third kappa shape index (κ3) is 4.09. The lowest BCUT2D eigenvalue weighted by Gasteiger charge is -2.17. The van der Waals surface area contributed by atoms with Gasteiger partial charge in [0, 0.05) is 5.56 Å². The van der Waals surface area contributed by atoms with Crippen LogP contribution in [0.2, 0.25) is 0 Å². The molecule has 1 atom stereocenters. The van der Waals surface area contributed by atoms with Crippen molar-refractivity contribution in [1.29, 1.82) is 0 Å². The molecular weight excluding hydrogens is 282 g/mol. The van der Waals surface area contributed by atoms with Crippen molar-refractivity contribution < 1.29 is 19.4 Å². The highest BCUT2D eigenvalue weighted by Crippen LogP contribution is 2.18. The van der Waals surface area contributed by atoms with Crippen molar-refractivity contribution in [2.24, 2.45) is 0 Å². The summed E-state index contributed by atoms with van der Waals surface area (Å²) in [4.78, 5) is 23.3. The minimum Gasteiger partial charge on any atom is -0.497 e. The molecule has 0 saturated heterocycles. The fourth-order valence-corrected chi connectivity index (χ4v) is 2.10. The third-order valence-electron chi connectivity index (χ3n) is 3.24. The molecule has 114 valence electrons. The van der Waals surface area contributed by atoms with E-state index in [1.807, 2.05) is 18.2 Å². The average molecular weight is 299 g/mol. The van der Waals surface area contributed by atoms with Gasteiger partial charge in [-0.2, -0.15) is 0 Å². The second-order valence-electron chi connectivity index (χ2n) is 4.76. The summed E-state index contributed by atoms with van der Waals surface area (Å²) in [6, 6.07) is 15.1. The summed E-state index contributed by atoms with van der Waals surface area (Å²) in [5, 5.41) is 11.8. The fraction of sp³-hybridized carbons (Fsp3) is 0.176. The number of methoxy groups -OCH3 is 1. The summed E-state index contributed by atoms with van der Waals surface area (Å²) < 4.78 is 5.04. The van der Waals surface area contributed by atoms with Gasteiger partial charge in [-0.1, -0.05) is 30.3 Å². The number of hydrogen-bond acceptors (Lipinski definition) is 3. The minimum absolute atomic E-state index is 0.175. The number of benzene rings is 2. The Morgan fingerprint density at radius 3 is 2.27 bits per heavy atom. The number of carbonyl (C=O) groups is 2. The summed E-state index contributed by atoms with van der Waals surface area (Å²) in [5.41, 5.74) is 1.21. The van der Waals surface area contributed by atoms with Gasteiger partial charge in [0.25, 0.3) is 5.91 Å². The molecule has 2 aromatic rings.